The number of halogens is 1. The summed E-state index contributed by atoms with van der Waals surface area (Å²) in [4.78, 5) is 44.5. The van der Waals surface area contributed by atoms with E-state index in [1.54, 1.807) is 18.7 Å². The van der Waals surface area contributed by atoms with Gasteiger partial charge in [-0.1, -0.05) is 0 Å². The van der Waals surface area contributed by atoms with Crippen molar-refractivity contribution in [2.45, 2.75) is 27.7 Å². The minimum Gasteiger partial charge on any atom is -0.462 e. The Bertz CT molecular complexity index is 1150. The monoisotopic (exact) mass is 446 g/mol. The first-order chi connectivity index (χ1) is 14.8. The van der Waals surface area contributed by atoms with Gasteiger partial charge in [-0.3, -0.25) is 9.59 Å². The number of carbonyl (C=O) groups excluding carboxylic acids is 3. The second-order valence-electron chi connectivity index (χ2n) is 6.65. The SMILES string of the molecule is CCOC(=O)c1c(NC(=O)c2cn3cc(F)ccc3n2)sc(C(=O)N(CC)CC)c1C. The van der Waals surface area contributed by atoms with Crippen molar-refractivity contribution in [3.05, 3.63) is 52.0 Å². The predicted molar refractivity (Wildman–Crippen MR) is 115 cm³/mol. The average Bonchev–Trinajstić information content (AvgIpc) is 3.29. The quantitative estimate of drug-likeness (QED) is 0.558. The van der Waals surface area contributed by atoms with Gasteiger partial charge in [0, 0.05) is 25.5 Å². The van der Waals surface area contributed by atoms with Gasteiger partial charge in [0.1, 0.15) is 22.2 Å². The van der Waals surface area contributed by atoms with Gasteiger partial charge in [-0.15, -0.1) is 11.3 Å². The first kappa shape index (κ1) is 22.4. The first-order valence-electron chi connectivity index (χ1n) is 9.86. The third kappa shape index (κ3) is 4.43. The number of anilines is 1. The normalized spacial score (nSPS) is 10.9. The van der Waals surface area contributed by atoms with Crippen LogP contribution >= 0.6 is 11.3 Å². The fraction of sp³-hybridized carbons (Fsp3) is 0.333. The van der Waals surface area contributed by atoms with Crippen LogP contribution in [0.25, 0.3) is 5.65 Å². The van der Waals surface area contributed by atoms with Crippen LogP contribution in [-0.4, -0.2) is 51.8 Å². The van der Waals surface area contributed by atoms with E-state index in [-0.39, 0.29) is 28.8 Å². The summed E-state index contributed by atoms with van der Waals surface area (Å²) in [6.07, 6.45) is 2.60. The zero-order chi connectivity index (χ0) is 22.7. The largest absolute Gasteiger partial charge is 0.462 e. The molecule has 3 aromatic heterocycles. The molecule has 0 aliphatic carbocycles. The van der Waals surface area contributed by atoms with Crippen LogP contribution in [0.1, 0.15) is 56.9 Å². The third-order valence-electron chi connectivity index (χ3n) is 4.75. The van der Waals surface area contributed by atoms with Crippen molar-refractivity contribution >= 4 is 39.8 Å². The number of esters is 1. The molecule has 0 saturated heterocycles. The molecule has 0 fully saturated rings. The van der Waals surface area contributed by atoms with Crippen molar-refractivity contribution in [3.63, 3.8) is 0 Å². The summed E-state index contributed by atoms with van der Waals surface area (Å²) in [5, 5.41) is 2.88. The molecule has 164 valence electrons. The number of fused-ring (bicyclic) bond motifs is 1. The Hall–Kier alpha value is -3.27. The lowest BCUT2D eigenvalue weighted by Gasteiger charge is -2.18. The van der Waals surface area contributed by atoms with Crippen LogP contribution in [0, 0.1) is 12.7 Å². The van der Waals surface area contributed by atoms with Gasteiger partial charge >= 0.3 is 5.97 Å². The molecule has 0 unspecified atom stereocenters. The summed E-state index contributed by atoms with van der Waals surface area (Å²) in [5.74, 6) is -1.89. The van der Waals surface area contributed by atoms with E-state index >= 15 is 0 Å². The second-order valence-corrected chi connectivity index (χ2v) is 7.67. The molecule has 1 N–H and O–H groups in total. The van der Waals surface area contributed by atoms with Crippen LogP contribution in [0.2, 0.25) is 0 Å². The number of pyridine rings is 1. The number of thiophene rings is 1. The molecule has 3 rings (SSSR count). The van der Waals surface area contributed by atoms with E-state index < -0.39 is 17.7 Å². The minimum absolute atomic E-state index is 0.0445. The second kappa shape index (κ2) is 9.25. The topological polar surface area (TPSA) is 93.0 Å². The summed E-state index contributed by atoms with van der Waals surface area (Å²) in [7, 11) is 0. The number of amides is 2. The van der Waals surface area contributed by atoms with Crippen molar-refractivity contribution in [1.82, 2.24) is 14.3 Å². The lowest BCUT2D eigenvalue weighted by atomic mass is 10.1. The summed E-state index contributed by atoms with van der Waals surface area (Å²) < 4.78 is 19.9. The molecule has 3 heterocycles. The minimum atomic E-state index is -0.623. The molecule has 0 spiro atoms. The molecule has 31 heavy (non-hydrogen) atoms. The Morgan fingerprint density at radius 1 is 1.19 bits per heavy atom. The van der Waals surface area contributed by atoms with Crippen LogP contribution < -0.4 is 5.32 Å². The van der Waals surface area contributed by atoms with Gasteiger partial charge < -0.3 is 19.4 Å². The highest BCUT2D eigenvalue weighted by molar-refractivity contribution is 7.18. The highest BCUT2D eigenvalue weighted by Crippen LogP contribution is 2.35. The summed E-state index contributed by atoms with van der Waals surface area (Å²) in [6.45, 7) is 8.25. The molecule has 2 amide bonds. The van der Waals surface area contributed by atoms with Crippen LogP contribution in [0.3, 0.4) is 0 Å². The van der Waals surface area contributed by atoms with Gasteiger partial charge in [0.15, 0.2) is 0 Å². The zero-order valence-electron chi connectivity index (χ0n) is 17.7. The number of hydrogen-bond donors (Lipinski definition) is 1. The highest BCUT2D eigenvalue weighted by Gasteiger charge is 2.28. The highest BCUT2D eigenvalue weighted by atomic mass is 32.1. The van der Waals surface area contributed by atoms with Crippen molar-refractivity contribution in [2.75, 3.05) is 25.0 Å². The van der Waals surface area contributed by atoms with Crippen LogP contribution in [0.4, 0.5) is 9.39 Å². The standard InChI is InChI=1S/C21H23FN4O4S/c1-5-25(6-2)20(28)17-12(4)16(21(29)30-7-3)19(31-17)24-18(27)14-11-26-10-13(22)8-9-15(26)23-14/h8-11H,5-7H2,1-4H3,(H,24,27). The van der Waals surface area contributed by atoms with Crippen molar-refractivity contribution < 1.29 is 23.5 Å². The summed E-state index contributed by atoms with van der Waals surface area (Å²) in [6, 6.07) is 2.70. The fourth-order valence-electron chi connectivity index (χ4n) is 3.15. The molecular weight excluding hydrogens is 423 g/mol. The molecule has 0 saturated carbocycles. The van der Waals surface area contributed by atoms with Gasteiger partial charge in [-0.2, -0.15) is 0 Å². The van der Waals surface area contributed by atoms with E-state index in [0.29, 0.717) is 29.2 Å². The molecule has 0 aliphatic rings. The lowest BCUT2D eigenvalue weighted by molar-refractivity contribution is 0.0527. The fourth-order valence-corrected chi connectivity index (χ4v) is 4.31. The Balaban J connectivity index is 1.99. The maximum Gasteiger partial charge on any atom is 0.341 e. The number of nitrogens with one attached hydrogen (secondary N) is 1. The van der Waals surface area contributed by atoms with E-state index in [1.165, 1.54) is 28.9 Å². The number of aromatic nitrogens is 2. The number of ether oxygens (including phenoxy) is 1. The summed E-state index contributed by atoms with van der Waals surface area (Å²) in [5.41, 5.74) is 1.04. The molecule has 0 aliphatic heterocycles. The molecule has 0 bridgehead atoms. The maximum absolute atomic E-state index is 13.4. The maximum atomic E-state index is 13.4. The van der Waals surface area contributed by atoms with Gasteiger partial charge in [0.2, 0.25) is 0 Å². The zero-order valence-corrected chi connectivity index (χ0v) is 18.5. The number of imidazole rings is 1. The molecular formula is C21H23FN4O4S. The number of nitrogens with zero attached hydrogens (tertiary/aromatic N) is 3. The van der Waals surface area contributed by atoms with Crippen molar-refractivity contribution in [3.8, 4) is 0 Å². The third-order valence-corrected chi connectivity index (χ3v) is 5.94. The van der Waals surface area contributed by atoms with Gasteiger partial charge in [-0.05, 0) is 45.4 Å². The predicted octanol–water partition coefficient (Wildman–Crippen LogP) is 3.75. The molecule has 8 nitrogen and oxygen atoms in total. The molecule has 0 aromatic carbocycles. The average molecular weight is 447 g/mol. The van der Waals surface area contributed by atoms with Crippen LogP contribution in [0.15, 0.2) is 24.5 Å². The van der Waals surface area contributed by atoms with Crippen molar-refractivity contribution in [2.24, 2.45) is 0 Å². The van der Waals surface area contributed by atoms with E-state index in [2.05, 4.69) is 10.3 Å². The van der Waals surface area contributed by atoms with Gasteiger partial charge in [0.05, 0.1) is 17.0 Å². The van der Waals surface area contributed by atoms with E-state index in [9.17, 15) is 18.8 Å². The Labute approximate surface area is 182 Å². The van der Waals surface area contributed by atoms with Gasteiger partial charge in [-0.25, -0.2) is 14.2 Å². The van der Waals surface area contributed by atoms with E-state index in [0.717, 1.165) is 11.3 Å². The van der Waals surface area contributed by atoms with Crippen molar-refractivity contribution in [1.29, 1.82) is 0 Å². The molecule has 0 atom stereocenters. The number of hydrogen-bond acceptors (Lipinski definition) is 6. The number of carbonyl (C=O) groups is 3. The van der Waals surface area contributed by atoms with E-state index in [1.807, 2.05) is 13.8 Å². The molecule has 10 heteroatoms. The smallest absolute Gasteiger partial charge is 0.341 e. The lowest BCUT2D eigenvalue weighted by Crippen LogP contribution is -2.30. The number of rotatable bonds is 7. The summed E-state index contributed by atoms with van der Waals surface area (Å²) >= 11 is 1.02. The Morgan fingerprint density at radius 2 is 1.90 bits per heavy atom. The van der Waals surface area contributed by atoms with Crippen LogP contribution in [0.5, 0.6) is 0 Å². The van der Waals surface area contributed by atoms with Gasteiger partial charge in [0.25, 0.3) is 11.8 Å². The van der Waals surface area contributed by atoms with E-state index in [4.69, 9.17) is 4.74 Å². The Kier molecular flexibility index (Phi) is 6.69. The Morgan fingerprint density at radius 3 is 2.55 bits per heavy atom. The molecule has 0 radical (unpaired) electrons. The molecule has 3 aromatic rings. The first-order valence-corrected chi connectivity index (χ1v) is 10.7. The van der Waals surface area contributed by atoms with Crippen LogP contribution in [-0.2, 0) is 4.74 Å².